The highest BCUT2D eigenvalue weighted by Gasteiger charge is 2.39. The molecule has 0 bridgehead atoms. The Morgan fingerprint density at radius 3 is 2.73 bits per heavy atom. The third kappa shape index (κ3) is 3.22. The molecule has 1 atom stereocenters. The number of esters is 1. The van der Waals surface area contributed by atoms with Crippen LogP contribution in [0.2, 0.25) is 0 Å². The minimum absolute atomic E-state index is 0.0937. The zero-order valence-corrected chi connectivity index (χ0v) is 18.2. The highest BCUT2D eigenvalue weighted by Crippen LogP contribution is 2.40. The topological polar surface area (TPSA) is 103 Å². The van der Waals surface area contributed by atoms with Crippen LogP contribution in [0.3, 0.4) is 0 Å². The second kappa shape index (κ2) is 7.55. The number of fused-ring (bicyclic) bond motifs is 1. The summed E-state index contributed by atoms with van der Waals surface area (Å²) in [5.74, 6) is 0.171. The van der Waals surface area contributed by atoms with Gasteiger partial charge in [-0.15, -0.1) is 0 Å². The van der Waals surface area contributed by atoms with Gasteiger partial charge in [0.2, 0.25) is 15.8 Å². The van der Waals surface area contributed by atoms with Gasteiger partial charge in [-0.3, -0.25) is 0 Å². The Labute approximate surface area is 174 Å². The molecule has 0 spiro atoms. The molecule has 1 aliphatic heterocycles. The van der Waals surface area contributed by atoms with Crippen molar-refractivity contribution >= 4 is 27.0 Å². The molecule has 3 heterocycles. The number of aryl methyl sites for hydroxylation is 3. The van der Waals surface area contributed by atoms with Gasteiger partial charge in [-0.25, -0.2) is 13.2 Å². The number of carbonyl (C=O) groups is 1. The van der Waals surface area contributed by atoms with Crippen LogP contribution in [-0.4, -0.2) is 37.0 Å². The van der Waals surface area contributed by atoms with Crippen LogP contribution in [0.25, 0.3) is 11.0 Å². The Hall–Kier alpha value is -2.65. The Balaban J connectivity index is 1.75. The first-order chi connectivity index (χ1) is 14.3. The quantitative estimate of drug-likeness (QED) is 0.560. The van der Waals surface area contributed by atoms with Gasteiger partial charge in [0.15, 0.2) is 0 Å². The minimum atomic E-state index is -3.77. The number of rotatable bonds is 5. The number of carbonyl (C=O) groups excluding carboxylic acids is 1. The molecule has 0 radical (unpaired) electrons. The lowest BCUT2D eigenvalue weighted by atomic mass is 10.0. The molecule has 1 aromatic carbocycles. The lowest BCUT2D eigenvalue weighted by molar-refractivity contribution is 0.0491. The minimum Gasteiger partial charge on any atom is -0.460 e. The third-order valence-corrected chi connectivity index (χ3v) is 7.50. The number of benzene rings is 1. The number of sulfonamides is 1. The number of furan rings is 1. The van der Waals surface area contributed by atoms with Crippen LogP contribution in [0.15, 0.2) is 32.0 Å². The van der Waals surface area contributed by atoms with Gasteiger partial charge in [-0.05, 0) is 58.7 Å². The summed E-state index contributed by atoms with van der Waals surface area (Å²) in [7, 11) is -3.77. The molecule has 0 aliphatic carbocycles. The largest absolute Gasteiger partial charge is 0.460 e. The molecule has 1 fully saturated rings. The normalized spacial score (nSPS) is 17.7. The fourth-order valence-corrected chi connectivity index (χ4v) is 5.86. The summed E-state index contributed by atoms with van der Waals surface area (Å²) < 4.78 is 44.4. The average molecular weight is 432 g/mol. The van der Waals surface area contributed by atoms with Crippen LogP contribution in [0.4, 0.5) is 0 Å². The Kier molecular flexibility index (Phi) is 5.19. The SMILES string of the molecule is CCOC(=O)c1oc2ccc(S(=O)(=O)N3CCC[C@@H]3c3c(C)noc3C)cc2c1C. The molecule has 30 heavy (non-hydrogen) atoms. The van der Waals surface area contributed by atoms with Crippen molar-refractivity contribution in [2.24, 2.45) is 0 Å². The molecule has 1 saturated heterocycles. The molecule has 160 valence electrons. The fraction of sp³-hybridized carbons (Fsp3) is 0.429. The van der Waals surface area contributed by atoms with Crippen LogP contribution in [0, 0.1) is 20.8 Å². The predicted octanol–water partition coefficient (Wildman–Crippen LogP) is 4.05. The van der Waals surface area contributed by atoms with E-state index in [9.17, 15) is 13.2 Å². The first kappa shape index (κ1) is 20.6. The second-order valence-corrected chi connectivity index (χ2v) is 9.34. The van der Waals surface area contributed by atoms with E-state index in [1.54, 1.807) is 32.9 Å². The summed E-state index contributed by atoms with van der Waals surface area (Å²) >= 11 is 0. The van der Waals surface area contributed by atoms with E-state index in [0.29, 0.717) is 41.0 Å². The highest BCUT2D eigenvalue weighted by molar-refractivity contribution is 7.89. The highest BCUT2D eigenvalue weighted by atomic mass is 32.2. The molecular formula is C21H24N2O6S. The maximum absolute atomic E-state index is 13.5. The van der Waals surface area contributed by atoms with Crippen molar-refractivity contribution in [1.29, 1.82) is 0 Å². The van der Waals surface area contributed by atoms with Crippen molar-refractivity contribution in [1.82, 2.24) is 9.46 Å². The van der Waals surface area contributed by atoms with E-state index in [-0.39, 0.29) is 23.3 Å². The zero-order valence-electron chi connectivity index (χ0n) is 17.4. The number of hydrogen-bond acceptors (Lipinski definition) is 7. The molecule has 0 N–H and O–H groups in total. The molecular weight excluding hydrogens is 408 g/mol. The molecule has 3 aromatic rings. The summed E-state index contributed by atoms with van der Waals surface area (Å²) in [6.45, 7) is 7.71. The average Bonchev–Trinajstić information content (AvgIpc) is 3.40. The van der Waals surface area contributed by atoms with Crippen LogP contribution >= 0.6 is 0 Å². The van der Waals surface area contributed by atoms with Gasteiger partial charge in [0, 0.05) is 23.1 Å². The van der Waals surface area contributed by atoms with Crippen LogP contribution in [0.1, 0.15) is 58.9 Å². The van der Waals surface area contributed by atoms with Crippen molar-refractivity contribution in [3.8, 4) is 0 Å². The van der Waals surface area contributed by atoms with Crippen LogP contribution in [-0.2, 0) is 14.8 Å². The van der Waals surface area contributed by atoms with Crippen LogP contribution < -0.4 is 0 Å². The lowest BCUT2D eigenvalue weighted by Crippen LogP contribution is -2.31. The maximum atomic E-state index is 13.5. The smallest absolute Gasteiger partial charge is 0.374 e. The first-order valence-corrected chi connectivity index (χ1v) is 11.3. The predicted molar refractivity (Wildman–Crippen MR) is 109 cm³/mol. The standard InChI is InChI=1S/C21H24N2O6S/c1-5-27-21(24)20-12(2)16-11-15(8-9-18(16)28-20)30(25,26)23-10-6-7-17(23)19-13(3)22-29-14(19)4/h8-9,11,17H,5-7,10H2,1-4H3/t17-/m1/s1. The summed E-state index contributed by atoms with van der Waals surface area (Å²) in [5.41, 5.74) is 2.54. The van der Waals surface area contributed by atoms with E-state index < -0.39 is 16.0 Å². The summed E-state index contributed by atoms with van der Waals surface area (Å²) in [5, 5.41) is 4.56. The third-order valence-electron chi connectivity index (χ3n) is 5.60. The van der Waals surface area contributed by atoms with Gasteiger partial charge in [0.05, 0.1) is 23.2 Å². The van der Waals surface area contributed by atoms with Crippen LogP contribution in [0.5, 0.6) is 0 Å². The molecule has 0 saturated carbocycles. The van der Waals surface area contributed by atoms with Gasteiger partial charge in [0.25, 0.3) is 0 Å². The monoisotopic (exact) mass is 432 g/mol. The molecule has 1 aliphatic rings. The lowest BCUT2D eigenvalue weighted by Gasteiger charge is -2.24. The summed E-state index contributed by atoms with van der Waals surface area (Å²) in [6, 6.07) is 4.35. The molecule has 0 amide bonds. The summed E-state index contributed by atoms with van der Waals surface area (Å²) in [6.07, 6.45) is 1.47. The first-order valence-electron chi connectivity index (χ1n) is 9.90. The fourth-order valence-electron chi connectivity index (χ4n) is 4.17. The van der Waals surface area contributed by atoms with E-state index in [4.69, 9.17) is 13.7 Å². The Morgan fingerprint density at radius 2 is 2.07 bits per heavy atom. The second-order valence-electron chi connectivity index (χ2n) is 7.45. The van der Waals surface area contributed by atoms with Crippen molar-refractivity contribution in [3.63, 3.8) is 0 Å². The van der Waals surface area contributed by atoms with Crippen molar-refractivity contribution < 1.29 is 26.9 Å². The number of hydrogen-bond donors (Lipinski definition) is 0. The number of ether oxygens (including phenoxy) is 1. The van der Waals surface area contributed by atoms with E-state index in [1.165, 1.54) is 10.4 Å². The van der Waals surface area contributed by atoms with Gasteiger partial charge in [0.1, 0.15) is 11.3 Å². The molecule has 0 unspecified atom stereocenters. The van der Waals surface area contributed by atoms with Gasteiger partial charge < -0.3 is 13.7 Å². The van der Waals surface area contributed by atoms with E-state index in [2.05, 4.69) is 5.16 Å². The van der Waals surface area contributed by atoms with Crippen molar-refractivity contribution in [3.05, 3.63) is 46.5 Å². The van der Waals surface area contributed by atoms with E-state index in [0.717, 1.165) is 12.0 Å². The number of aromatic nitrogens is 1. The van der Waals surface area contributed by atoms with E-state index in [1.807, 2.05) is 6.92 Å². The zero-order chi connectivity index (χ0) is 21.6. The maximum Gasteiger partial charge on any atom is 0.374 e. The van der Waals surface area contributed by atoms with Gasteiger partial charge >= 0.3 is 5.97 Å². The number of nitrogens with zero attached hydrogens (tertiary/aromatic N) is 2. The van der Waals surface area contributed by atoms with Crippen molar-refractivity contribution in [2.45, 2.75) is 51.5 Å². The van der Waals surface area contributed by atoms with Gasteiger partial charge in [-0.1, -0.05) is 5.16 Å². The Bertz CT molecular complexity index is 1200. The van der Waals surface area contributed by atoms with Crippen molar-refractivity contribution in [2.75, 3.05) is 13.2 Å². The van der Waals surface area contributed by atoms with Gasteiger partial charge in [-0.2, -0.15) is 4.31 Å². The van der Waals surface area contributed by atoms with E-state index >= 15 is 0 Å². The molecule has 2 aromatic heterocycles. The summed E-state index contributed by atoms with van der Waals surface area (Å²) in [4.78, 5) is 12.3. The molecule has 4 rings (SSSR count). The molecule has 9 heteroatoms. The molecule has 8 nitrogen and oxygen atoms in total. The Morgan fingerprint density at radius 1 is 1.30 bits per heavy atom.